The molecule has 1 aliphatic rings. The zero-order valence-electron chi connectivity index (χ0n) is 8.88. The molecular weight excluding hydrogens is 210 g/mol. The molecule has 1 saturated heterocycles. The van der Waals surface area contributed by atoms with Crippen LogP contribution in [0.15, 0.2) is 0 Å². The van der Waals surface area contributed by atoms with Gasteiger partial charge in [-0.2, -0.15) is 0 Å². The van der Waals surface area contributed by atoms with E-state index >= 15 is 0 Å². The molecule has 1 fully saturated rings. The molecule has 0 aliphatic carbocycles. The predicted octanol–water partition coefficient (Wildman–Crippen LogP) is -2.48. The third kappa shape index (κ3) is 15.0. The smallest absolute Gasteiger partial charge is 0.150 e. The van der Waals surface area contributed by atoms with Crippen LogP contribution in [-0.4, -0.2) is 52.6 Å². The number of hydrogen-bond acceptors (Lipinski definition) is 2. The molecule has 5 heteroatoms. The van der Waals surface area contributed by atoms with Gasteiger partial charge in [0.2, 0.25) is 0 Å². The van der Waals surface area contributed by atoms with E-state index in [4.69, 9.17) is 0 Å². The average Bonchev–Trinajstić information content (AvgIpc) is 2.08. The molecule has 0 saturated carbocycles. The Morgan fingerprint density at radius 2 is 1.15 bits per heavy atom. The zero-order valence-corrected chi connectivity index (χ0v) is 10.5. The highest BCUT2D eigenvalue weighted by Crippen LogP contribution is 2.08. The number of rotatable bonds is 0. The van der Waals surface area contributed by atoms with Gasteiger partial charge in [-0.15, -0.1) is 0 Å². The van der Waals surface area contributed by atoms with Crippen molar-refractivity contribution in [3.05, 3.63) is 0 Å². The molecule has 1 heterocycles. The Balaban J connectivity index is 0. The summed E-state index contributed by atoms with van der Waals surface area (Å²) in [4.78, 5) is 0. The third-order valence-electron chi connectivity index (χ3n) is 1.16. The van der Waals surface area contributed by atoms with E-state index in [-0.39, 0.29) is 12.4 Å². The van der Waals surface area contributed by atoms with Crippen LogP contribution in [0.25, 0.3) is 0 Å². The van der Waals surface area contributed by atoms with Gasteiger partial charge in [0, 0.05) is 0 Å². The van der Waals surface area contributed by atoms with Crippen LogP contribution in [-0.2, 0) is 9.84 Å². The van der Waals surface area contributed by atoms with E-state index in [9.17, 15) is 8.42 Å². The summed E-state index contributed by atoms with van der Waals surface area (Å²) in [7, 11) is 5.95. The summed E-state index contributed by atoms with van der Waals surface area (Å²) in [5.41, 5.74) is 0. The van der Waals surface area contributed by atoms with Gasteiger partial charge in [-0.3, -0.25) is 0 Å². The second-order valence-corrected chi connectivity index (χ2v) is 6.85. The molecule has 3 nitrogen and oxygen atoms in total. The fraction of sp³-hybridized carbons (Fsp3) is 1.00. The average molecular weight is 230 g/mol. The van der Waals surface area contributed by atoms with E-state index in [0.717, 1.165) is 17.3 Å². The summed E-state index contributed by atoms with van der Waals surface area (Å²) in [6.07, 6.45) is 1.75. The van der Waals surface area contributed by atoms with Crippen LogP contribution in [0.2, 0.25) is 0 Å². The van der Waals surface area contributed by atoms with Crippen LogP contribution >= 0.6 is 0 Å². The molecule has 0 atom stereocenters. The van der Waals surface area contributed by atoms with E-state index in [1.165, 1.54) is 0 Å². The first kappa shape index (κ1) is 15.7. The van der Waals surface area contributed by atoms with Gasteiger partial charge in [0.25, 0.3) is 0 Å². The van der Waals surface area contributed by atoms with Crippen molar-refractivity contribution in [1.82, 2.24) is 0 Å². The molecule has 82 valence electrons. The third-order valence-corrected chi connectivity index (χ3v) is 2.98. The highest BCUT2D eigenvalue weighted by Gasteiger charge is 2.16. The predicted molar refractivity (Wildman–Crippen MR) is 51.8 cm³/mol. The van der Waals surface area contributed by atoms with E-state index in [1.54, 1.807) is 0 Å². The van der Waals surface area contributed by atoms with E-state index in [2.05, 4.69) is 28.2 Å². The molecule has 0 spiro atoms. The number of hydrogen-bond donors (Lipinski definition) is 0. The Kier molecular flexibility index (Phi) is 7.03. The molecule has 1 rings (SSSR count). The highest BCUT2D eigenvalue weighted by atomic mass is 35.5. The fourth-order valence-electron chi connectivity index (χ4n) is 0.746. The van der Waals surface area contributed by atoms with Crippen LogP contribution in [0.1, 0.15) is 12.8 Å². The Bertz CT molecular complexity index is 201. The summed E-state index contributed by atoms with van der Waals surface area (Å²) >= 11 is 0. The van der Waals surface area contributed by atoms with Gasteiger partial charge in [0.1, 0.15) is 9.84 Å². The summed E-state index contributed by atoms with van der Waals surface area (Å²) in [5.74, 6) is 0.847. The van der Waals surface area contributed by atoms with Crippen molar-refractivity contribution in [3.63, 3.8) is 0 Å². The SMILES string of the molecule is C[N+](C)(C)C.O=S1(=O)CCCC1.[Cl-]. The molecule has 0 N–H and O–H groups in total. The zero-order chi connectivity index (χ0) is 9.83. The van der Waals surface area contributed by atoms with Crippen molar-refractivity contribution >= 4 is 9.84 Å². The summed E-state index contributed by atoms with van der Waals surface area (Å²) in [6.45, 7) is 0. The van der Waals surface area contributed by atoms with Gasteiger partial charge in [0.15, 0.2) is 0 Å². The molecule has 0 aromatic heterocycles. The molecule has 0 unspecified atom stereocenters. The standard InChI is InChI=1S/C4H12N.C4H8O2S.ClH/c1-5(2,3)4;5-7(6)3-1-2-4-7;/h1-4H3;1-4H2;1H/q+1;;/p-1. The lowest BCUT2D eigenvalue weighted by Gasteiger charge is -2.14. The van der Waals surface area contributed by atoms with Gasteiger partial charge < -0.3 is 16.9 Å². The van der Waals surface area contributed by atoms with Crippen LogP contribution in [0.3, 0.4) is 0 Å². The maximum Gasteiger partial charge on any atom is 0.150 e. The number of sulfone groups is 1. The van der Waals surface area contributed by atoms with Crippen molar-refractivity contribution in [2.24, 2.45) is 0 Å². The van der Waals surface area contributed by atoms with E-state index < -0.39 is 9.84 Å². The molecule has 0 aromatic carbocycles. The van der Waals surface area contributed by atoms with Crippen molar-refractivity contribution in [1.29, 1.82) is 0 Å². The molecule has 0 amide bonds. The highest BCUT2D eigenvalue weighted by molar-refractivity contribution is 7.91. The minimum atomic E-state index is -2.55. The summed E-state index contributed by atoms with van der Waals surface area (Å²) in [5, 5.41) is 0. The normalized spacial score (nSPS) is 19.7. The second-order valence-electron chi connectivity index (χ2n) is 4.54. The fourth-order valence-corrected chi connectivity index (χ4v) is 2.24. The molecular formula is C8H20ClNO2S. The monoisotopic (exact) mass is 229 g/mol. The Morgan fingerprint density at radius 1 is 0.923 bits per heavy atom. The lowest BCUT2D eigenvalue weighted by Crippen LogP contribution is -3.00. The minimum absolute atomic E-state index is 0. The first-order chi connectivity index (χ1) is 5.21. The van der Waals surface area contributed by atoms with Gasteiger partial charge in [-0.1, -0.05) is 0 Å². The van der Waals surface area contributed by atoms with Crippen LogP contribution < -0.4 is 12.4 Å². The summed E-state index contributed by atoms with van der Waals surface area (Å²) in [6, 6.07) is 0. The molecule has 1 aliphatic heterocycles. The Hall–Kier alpha value is 0.200. The van der Waals surface area contributed by atoms with Crippen molar-refractivity contribution in [2.45, 2.75) is 12.8 Å². The van der Waals surface area contributed by atoms with E-state index in [0.29, 0.717) is 11.5 Å². The lowest BCUT2D eigenvalue weighted by molar-refractivity contribution is -0.849. The van der Waals surface area contributed by atoms with Crippen molar-refractivity contribution in [2.75, 3.05) is 39.7 Å². The largest absolute Gasteiger partial charge is 1.00 e. The topological polar surface area (TPSA) is 34.1 Å². The first-order valence-electron chi connectivity index (χ1n) is 4.20. The van der Waals surface area contributed by atoms with Crippen LogP contribution in [0.5, 0.6) is 0 Å². The molecule has 13 heavy (non-hydrogen) atoms. The van der Waals surface area contributed by atoms with Crippen LogP contribution in [0.4, 0.5) is 0 Å². The number of quaternary nitrogens is 1. The van der Waals surface area contributed by atoms with E-state index in [1.807, 2.05) is 0 Å². The molecule has 0 radical (unpaired) electrons. The van der Waals surface area contributed by atoms with Gasteiger partial charge in [-0.25, -0.2) is 8.42 Å². The van der Waals surface area contributed by atoms with Crippen LogP contribution in [0, 0.1) is 0 Å². The molecule has 0 bridgehead atoms. The van der Waals surface area contributed by atoms with Gasteiger partial charge in [-0.05, 0) is 12.8 Å². The molecule has 0 aromatic rings. The first-order valence-corrected chi connectivity index (χ1v) is 6.02. The summed E-state index contributed by atoms with van der Waals surface area (Å²) < 4.78 is 21.9. The second kappa shape index (κ2) is 5.83. The number of halogens is 1. The number of nitrogens with zero attached hydrogens (tertiary/aromatic N) is 1. The quantitative estimate of drug-likeness (QED) is 0.432. The maximum absolute atomic E-state index is 10.4. The Morgan fingerprint density at radius 3 is 1.23 bits per heavy atom. The van der Waals surface area contributed by atoms with Crippen molar-refractivity contribution < 1.29 is 25.3 Å². The Labute approximate surface area is 88.0 Å². The lowest BCUT2D eigenvalue weighted by atomic mass is 10.4. The van der Waals surface area contributed by atoms with Gasteiger partial charge >= 0.3 is 0 Å². The maximum atomic E-state index is 10.4. The van der Waals surface area contributed by atoms with Gasteiger partial charge in [0.05, 0.1) is 39.7 Å². The van der Waals surface area contributed by atoms with Crippen molar-refractivity contribution in [3.8, 4) is 0 Å². The minimum Gasteiger partial charge on any atom is -1.00 e.